The van der Waals surface area contributed by atoms with Crippen molar-refractivity contribution in [2.24, 2.45) is 0 Å². The first-order chi connectivity index (χ1) is 2.50. The monoisotopic (exact) mass is 126 g/mol. The van der Waals surface area contributed by atoms with E-state index < -0.39 is 0 Å². The van der Waals surface area contributed by atoms with E-state index in [0.717, 1.165) is 0 Å². The van der Waals surface area contributed by atoms with Crippen LogP contribution in [0.5, 0.6) is 0 Å². The average molecular weight is 127 g/mol. The predicted molar refractivity (Wildman–Crippen MR) is 23.2 cm³/mol. The summed E-state index contributed by atoms with van der Waals surface area (Å²) in [6.45, 7) is 0. The minimum atomic E-state index is 0. The Bertz CT molecular complexity index is 69.4. The molecule has 1 heterocycles. The Morgan fingerprint density at radius 3 is 2.43 bits per heavy atom. The molecule has 1 rings (SSSR count). The molecule has 0 unspecified atom stereocenters. The average Bonchev–Trinajstić information content (AvgIpc) is 1.76. The molecule has 0 spiro atoms. The standard InChI is InChI=1S/C3H3N2.ClH.Mg/c1-2-4-5-3-1;;/h1-2H,(H,4,5);1H;/q-1;;+2/p-1. The summed E-state index contributed by atoms with van der Waals surface area (Å²) in [7, 11) is 0. The van der Waals surface area contributed by atoms with Crippen molar-refractivity contribution in [3.63, 3.8) is 0 Å². The van der Waals surface area contributed by atoms with Crippen molar-refractivity contribution >= 4 is 23.1 Å². The van der Waals surface area contributed by atoms with Crippen LogP contribution in [0.25, 0.3) is 0 Å². The number of hydrogen-bond donors (Lipinski definition) is 1. The van der Waals surface area contributed by atoms with Crippen molar-refractivity contribution in [2.45, 2.75) is 0 Å². The molecule has 1 N–H and O–H groups in total. The van der Waals surface area contributed by atoms with Gasteiger partial charge >= 0.3 is 23.1 Å². The van der Waals surface area contributed by atoms with Crippen molar-refractivity contribution in [1.82, 2.24) is 10.2 Å². The molecule has 0 saturated carbocycles. The zero-order valence-electron chi connectivity index (χ0n) is 3.69. The van der Waals surface area contributed by atoms with Crippen molar-refractivity contribution in [3.05, 3.63) is 18.5 Å². The quantitative estimate of drug-likeness (QED) is 0.289. The van der Waals surface area contributed by atoms with Crippen LogP contribution in [0.3, 0.4) is 0 Å². The number of nitrogens with zero attached hydrogens (tertiary/aromatic N) is 1. The first-order valence-electron chi connectivity index (χ1n) is 1.36. The first-order valence-corrected chi connectivity index (χ1v) is 1.36. The summed E-state index contributed by atoms with van der Waals surface area (Å²) < 4.78 is 0. The minimum absolute atomic E-state index is 0. The van der Waals surface area contributed by atoms with E-state index in [1.807, 2.05) is 0 Å². The summed E-state index contributed by atoms with van der Waals surface area (Å²) in [6.07, 6.45) is 4.26. The van der Waals surface area contributed by atoms with E-state index in [2.05, 4.69) is 16.4 Å². The summed E-state index contributed by atoms with van der Waals surface area (Å²) in [4.78, 5) is 0. The Morgan fingerprint density at radius 2 is 2.29 bits per heavy atom. The molecule has 7 heavy (non-hydrogen) atoms. The third-order valence-electron chi connectivity index (χ3n) is 0.362. The second kappa shape index (κ2) is 6.27. The number of nitrogens with one attached hydrogen (secondary N) is 1. The second-order valence-corrected chi connectivity index (χ2v) is 0.703. The Morgan fingerprint density at radius 1 is 1.57 bits per heavy atom. The van der Waals surface area contributed by atoms with E-state index in [9.17, 15) is 0 Å². The Kier molecular flexibility index (Phi) is 9.21. The number of hydrogen-bond acceptors (Lipinski definition) is 1. The zero-order valence-corrected chi connectivity index (χ0v) is 5.86. The van der Waals surface area contributed by atoms with E-state index in [4.69, 9.17) is 0 Å². The van der Waals surface area contributed by atoms with Gasteiger partial charge in [0.1, 0.15) is 0 Å². The normalized spacial score (nSPS) is 5.71. The molecule has 4 heteroatoms. The van der Waals surface area contributed by atoms with Gasteiger partial charge < -0.3 is 22.6 Å². The van der Waals surface area contributed by atoms with E-state index in [1.165, 1.54) is 0 Å². The first kappa shape index (κ1) is 10.3. The zero-order chi connectivity index (χ0) is 3.54. The smallest absolute Gasteiger partial charge is 1.00 e. The van der Waals surface area contributed by atoms with Gasteiger partial charge in [-0.1, -0.05) is 0 Å². The van der Waals surface area contributed by atoms with Crippen LogP contribution >= 0.6 is 0 Å². The van der Waals surface area contributed by atoms with E-state index in [0.29, 0.717) is 0 Å². The summed E-state index contributed by atoms with van der Waals surface area (Å²) in [6, 6.07) is 1.71. The van der Waals surface area contributed by atoms with Crippen molar-refractivity contribution in [1.29, 1.82) is 0 Å². The molecule has 1 aromatic heterocycles. The summed E-state index contributed by atoms with van der Waals surface area (Å²) in [5, 5.41) is 6.03. The number of rotatable bonds is 0. The summed E-state index contributed by atoms with van der Waals surface area (Å²) in [5.41, 5.74) is 0. The fourth-order valence-corrected chi connectivity index (χ4v) is 0.186. The molecule has 0 bridgehead atoms. The van der Waals surface area contributed by atoms with Crippen LogP contribution in [0.4, 0.5) is 0 Å². The van der Waals surface area contributed by atoms with Gasteiger partial charge in [-0.15, -0.1) is 12.4 Å². The second-order valence-electron chi connectivity index (χ2n) is 0.703. The third-order valence-corrected chi connectivity index (χ3v) is 0.362. The topological polar surface area (TPSA) is 28.7 Å². The molecule has 2 nitrogen and oxygen atoms in total. The molecule has 0 aliphatic rings. The largest absolute Gasteiger partial charge is 2.00 e. The molecule has 0 fully saturated rings. The van der Waals surface area contributed by atoms with E-state index in [-0.39, 0.29) is 35.5 Å². The minimum Gasteiger partial charge on any atom is -1.00 e. The molecular formula is C3H3ClMgN2. The van der Waals surface area contributed by atoms with Crippen LogP contribution in [0.1, 0.15) is 0 Å². The number of halogens is 1. The van der Waals surface area contributed by atoms with Gasteiger partial charge in [0.15, 0.2) is 0 Å². The van der Waals surface area contributed by atoms with E-state index >= 15 is 0 Å². The summed E-state index contributed by atoms with van der Waals surface area (Å²) >= 11 is 0. The van der Waals surface area contributed by atoms with Crippen LogP contribution in [-0.4, -0.2) is 33.3 Å². The third kappa shape index (κ3) is 4.11. The Hall–Kier alpha value is 0.266. The molecule has 0 saturated heterocycles. The maximum Gasteiger partial charge on any atom is 2.00 e. The van der Waals surface area contributed by atoms with Gasteiger partial charge in [0.2, 0.25) is 0 Å². The molecule has 34 valence electrons. The van der Waals surface area contributed by atoms with Crippen LogP contribution in [0, 0.1) is 6.20 Å². The molecule has 0 aromatic carbocycles. The predicted octanol–water partition coefficient (Wildman–Crippen LogP) is -3.17. The maximum absolute atomic E-state index is 3.47. The number of aromatic nitrogens is 2. The molecule has 0 aliphatic carbocycles. The van der Waals surface area contributed by atoms with Gasteiger partial charge in [-0.2, -0.15) is 6.07 Å². The van der Waals surface area contributed by atoms with Crippen molar-refractivity contribution in [3.8, 4) is 0 Å². The van der Waals surface area contributed by atoms with Crippen molar-refractivity contribution in [2.75, 3.05) is 0 Å². The van der Waals surface area contributed by atoms with E-state index in [1.54, 1.807) is 12.3 Å². The molecular weight excluding hydrogens is 124 g/mol. The van der Waals surface area contributed by atoms with Gasteiger partial charge in [0.25, 0.3) is 0 Å². The molecule has 0 radical (unpaired) electrons. The van der Waals surface area contributed by atoms with Gasteiger partial charge in [-0.05, 0) is 0 Å². The molecule has 1 aromatic rings. The van der Waals surface area contributed by atoms with Crippen LogP contribution in [0.15, 0.2) is 12.3 Å². The molecule has 0 aliphatic heterocycles. The molecule has 0 atom stereocenters. The van der Waals surface area contributed by atoms with Crippen molar-refractivity contribution < 1.29 is 12.4 Å². The maximum atomic E-state index is 3.47. The summed E-state index contributed by atoms with van der Waals surface area (Å²) in [5.74, 6) is 0. The fraction of sp³-hybridized carbons (Fsp3) is 0. The molecule has 0 amide bonds. The van der Waals surface area contributed by atoms with Gasteiger partial charge in [-0.3, -0.25) is 0 Å². The Labute approximate surface area is 64.3 Å². The van der Waals surface area contributed by atoms with Crippen LogP contribution < -0.4 is 12.4 Å². The number of aromatic amines is 1. The number of H-pyrrole nitrogens is 1. The van der Waals surface area contributed by atoms with Crippen LogP contribution in [0.2, 0.25) is 0 Å². The SMILES string of the molecule is [Cl-].[Mg+2].[c-]1cc[nH]n1. The Balaban J connectivity index is 0. The van der Waals surface area contributed by atoms with Gasteiger partial charge in [0.05, 0.1) is 0 Å². The fourth-order valence-electron chi connectivity index (χ4n) is 0.186. The van der Waals surface area contributed by atoms with Gasteiger partial charge in [-0.25, -0.2) is 0 Å². The van der Waals surface area contributed by atoms with Gasteiger partial charge in [0, 0.05) is 0 Å². The van der Waals surface area contributed by atoms with Crippen LogP contribution in [-0.2, 0) is 0 Å².